The molecule has 2 amide bonds. The Balaban J connectivity index is 1.32. The normalized spacial score (nSPS) is 21.0. The van der Waals surface area contributed by atoms with E-state index in [1.54, 1.807) is 24.2 Å². The van der Waals surface area contributed by atoms with Crippen LogP contribution in [0, 0.1) is 6.92 Å². The van der Waals surface area contributed by atoms with Crippen molar-refractivity contribution in [1.82, 2.24) is 25.3 Å². The van der Waals surface area contributed by atoms with Gasteiger partial charge in [-0.3, -0.25) is 14.6 Å². The third kappa shape index (κ3) is 4.41. The van der Waals surface area contributed by atoms with Gasteiger partial charge in [-0.2, -0.15) is 4.98 Å². The zero-order valence-electron chi connectivity index (χ0n) is 16.1. The molecule has 2 aromatic heterocycles. The van der Waals surface area contributed by atoms with Crippen LogP contribution in [0.1, 0.15) is 36.5 Å². The fourth-order valence-corrected chi connectivity index (χ4v) is 3.61. The second kappa shape index (κ2) is 7.98. The summed E-state index contributed by atoms with van der Waals surface area (Å²) in [6, 6.07) is 3.70. The van der Waals surface area contributed by atoms with E-state index in [1.165, 1.54) is 0 Å². The largest absolute Gasteiger partial charge is 0.386 e. The standard InChI is InChI=1S/C19H22N6O4/c1-13-22-16(28-23-13)8-17(26)25-7-3-5-19(12-25)9-15(24-29-19)18(27)21-11-14-4-2-6-20-10-14/h2,4,6,10H,3,5,7-9,11-12H2,1H3,(H,21,27). The molecule has 2 aliphatic rings. The molecule has 2 aromatic rings. The zero-order valence-corrected chi connectivity index (χ0v) is 16.1. The lowest BCUT2D eigenvalue weighted by Crippen LogP contribution is -2.51. The fourth-order valence-electron chi connectivity index (χ4n) is 3.61. The van der Waals surface area contributed by atoms with Crippen molar-refractivity contribution in [3.63, 3.8) is 0 Å². The molecular formula is C19H22N6O4. The Morgan fingerprint density at radius 3 is 3.03 bits per heavy atom. The molecule has 1 saturated heterocycles. The number of likely N-dealkylation sites (tertiary alicyclic amines) is 1. The van der Waals surface area contributed by atoms with Crippen molar-refractivity contribution < 1.29 is 18.9 Å². The van der Waals surface area contributed by atoms with E-state index >= 15 is 0 Å². The Kier molecular flexibility index (Phi) is 5.24. The average molecular weight is 398 g/mol. The maximum absolute atomic E-state index is 12.6. The predicted molar refractivity (Wildman–Crippen MR) is 101 cm³/mol. The van der Waals surface area contributed by atoms with Crippen LogP contribution in [-0.2, 0) is 27.4 Å². The number of pyridine rings is 1. The van der Waals surface area contributed by atoms with E-state index in [-0.39, 0.29) is 18.2 Å². The number of rotatable bonds is 5. The van der Waals surface area contributed by atoms with Crippen molar-refractivity contribution in [2.75, 3.05) is 13.1 Å². The highest BCUT2D eigenvalue weighted by Crippen LogP contribution is 2.33. The van der Waals surface area contributed by atoms with Crippen molar-refractivity contribution in [2.24, 2.45) is 5.16 Å². The van der Waals surface area contributed by atoms with E-state index in [4.69, 9.17) is 9.36 Å². The first-order chi connectivity index (χ1) is 14.0. The smallest absolute Gasteiger partial charge is 0.269 e. The van der Waals surface area contributed by atoms with Crippen molar-refractivity contribution in [3.8, 4) is 0 Å². The molecule has 4 heterocycles. The molecule has 1 fully saturated rings. The second-order valence-electron chi connectivity index (χ2n) is 7.36. The monoisotopic (exact) mass is 398 g/mol. The summed E-state index contributed by atoms with van der Waals surface area (Å²) in [5.74, 6) is 0.421. The van der Waals surface area contributed by atoms with E-state index in [0.29, 0.717) is 43.5 Å². The maximum Gasteiger partial charge on any atom is 0.269 e. The molecule has 0 aromatic carbocycles. The number of nitrogens with zero attached hydrogens (tertiary/aromatic N) is 5. The Hall–Kier alpha value is -3.30. The minimum Gasteiger partial charge on any atom is -0.386 e. The Morgan fingerprint density at radius 2 is 2.28 bits per heavy atom. The first-order valence-electron chi connectivity index (χ1n) is 9.52. The van der Waals surface area contributed by atoms with Gasteiger partial charge in [0.2, 0.25) is 11.8 Å². The lowest BCUT2D eigenvalue weighted by molar-refractivity contribution is -0.140. The molecule has 4 rings (SSSR count). The van der Waals surface area contributed by atoms with Gasteiger partial charge in [0.25, 0.3) is 5.91 Å². The summed E-state index contributed by atoms with van der Waals surface area (Å²) in [5, 5.41) is 10.6. The number of piperidine rings is 1. The second-order valence-corrected chi connectivity index (χ2v) is 7.36. The van der Waals surface area contributed by atoms with E-state index < -0.39 is 5.60 Å². The van der Waals surface area contributed by atoms with Crippen LogP contribution in [0.25, 0.3) is 0 Å². The first kappa shape index (κ1) is 19.0. The molecule has 1 atom stereocenters. The van der Waals surface area contributed by atoms with Crippen molar-refractivity contribution in [1.29, 1.82) is 0 Å². The van der Waals surface area contributed by atoms with Gasteiger partial charge in [-0.05, 0) is 31.4 Å². The number of hydrogen-bond acceptors (Lipinski definition) is 8. The van der Waals surface area contributed by atoms with Gasteiger partial charge >= 0.3 is 0 Å². The van der Waals surface area contributed by atoms with E-state index in [0.717, 1.165) is 18.4 Å². The van der Waals surface area contributed by atoms with Gasteiger partial charge < -0.3 is 19.6 Å². The maximum atomic E-state index is 12.6. The summed E-state index contributed by atoms with van der Waals surface area (Å²) in [6.07, 6.45) is 5.31. The van der Waals surface area contributed by atoms with Gasteiger partial charge in [0.05, 0.1) is 6.54 Å². The number of aryl methyl sites for hydroxylation is 1. The van der Waals surface area contributed by atoms with Crippen LogP contribution in [0.2, 0.25) is 0 Å². The highest BCUT2D eigenvalue weighted by molar-refractivity contribution is 6.39. The van der Waals surface area contributed by atoms with Gasteiger partial charge in [0.1, 0.15) is 12.1 Å². The minimum absolute atomic E-state index is 0.0518. The molecule has 10 heteroatoms. The van der Waals surface area contributed by atoms with Crippen molar-refractivity contribution in [3.05, 3.63) is 41.8 Å². The zero-order chi connectivity index (χ0) is 20.3. The molecule has 0 aliphatic carbocycles. The van der Waals surface area contributed by atoms with Crippen LogP contribution in [0.4, 0.5) is 0 Å². The summed E-state index contributed by atoms with van der Waals surface area (Å²) < 4.78 is 5.03. The molecule has 0 radical (unpaired) electrons. The average Bonchev–Trinajstić information content (AvgIpc) is 3.33. The number of oxime groups is 1. The van der Waals surface area contributed by atoms with Gasteiger partial charge in [-0.15, -0.1) is 0 Å². The van der Waals surface area contributed by atoms with Crippen molar-refractivity contribution in [2.45, 2.75) is 44.8 Å². The van der Waals surface area contributed by atoms with E-state index in [2.05, 4.69) is 25.6 Å². The number of aromatic nitrogens is 3. The predicted octanol–water partition coefficient (Wildman–Crippen LogP) is 0.769. The first-order valence-corrected chi connectivity index (χ1v) is 9.52. The lowest BCUT2D eigenvalue weighted by atomic mass is 9.88. The van der Waals surface area contributed by atoms with E-state index in [9.17, 15) is 9.59 Å². The van der Waals surface area contributed by atoms with E-state index in [1.807, 2.05) is 12.1 Å². The molecule has 29 heavy (non-hydrogen) atoms. The van der Waals surface area contributed by atoms with Gasteiger partial charge in [0, 0.05) is 31.9 Å². The molecule has 1 unspecified atom stereocenters. The summed E-state index contributed by atoms with van der Waals surface area (Å²) >= 11 is 0. The third-order valence-electron chi connectivity index (χ3n) is 5.04. The molecule has 1 N–H and O–H groups in total. The van der Waals surface area contributed by atoms with Crippen LogP contribution >= 0.6 is 0 Å². The number of carbonyl (C=O) groups excluding carboxylic acids is 2. The number of hydrogen-bond donors (Lipinski definition) is 1. The number of nitrogens with one attached hydrogen (secondary N) is 1. The van der Waals surface area contributed by atoms with Crippen molar-refractivity contribution >= 4 is 17.5 Å². The van der Waals surface area contributed by atoms with Crippen LogP contribution < -0.4 is 5.32 Å². The van der Waals surface area contributed by atoms with Crippen LogP contribution in [0.5, 0.6) is 0 Å². The quantitative estimate of drug-likeness (QED) is 0.789. The van der Waals surface area contributed by atoms with Gasteiger partial charge in [0.15, 0.2) is 11.4 Å². The highest BCUT2D eigenvalue weighted by atomic mass is 16.7. The molecule has 1 spiro atoms. The molecule has 10 nitrogen and oxygen atoms in total. The van der Waals surface area contributed by atoms with Gasteiger partial charge in [-0.25, -0.2) is 0 Å². The molecule has 152 valence electrons. The molecule has 2 aliphatic heterocycles. The summed E-state index contributed by atoms with van der Waals surface area (Å²) in [4.78, 5) is 40.6. The number of carbonyl (C=O) groups is 2. The van der Waals surface area contributed by atoms with Crippen LogP contribution in [0.3, 0.4) is 0 Å². The minimum atomic E-state index is -0.653. The van der Waals surface area contributed by atoms with Gasteiger partial charge in [-0.1, -0.05) is 16.4 Å². The third-order valence-corrected chi connectivity index (χ3v) is 5.04. The molecule has 0 bridgehead atoms. The van der Waals surface area contributed by atoms with Crippen LogP contribution in [-0.4, -0.2) is 56.2 Å². The lowest BCUT2D eigenvalue weighted by Gasteiger charge is -2.38. The SMILES string of the molecule is Cc1noc(CC(=O)N2CCCC3(CC(C(=O)NCc4cccnc4)=NO3)C2)n1. The molecule has 0 saturated carbocycles. The summed E-state index contributed by atoms with van der Waals surface area (Å²) in [6.45, 7) is 3.08. The summed E-state index contributed by atoms with van der Waals surface area (Å²) in [5.41, 5.74) is 0.594. The number of amides is 2. The Labute approximate surface area is 167 Å². The van der Waals surface area contributed by atoms with Crippen LogP contribution in [0.15, 0.2) is 34.2 Å². The highest BCUT2D eigenvalue weighted by Gasteiger charge is 2.45. The fraction of sp³-hybridized carbons (Fsp3) is 0.474. The summed E-state index contributed by atoms with van der Waals surface area (Å²) in [7, 11) is 0. The Morgan fingerprint density at radius 1 is 1.38 bits per heavy atom. The molecular weight excluding hydrogens is 376 g/mol. The Bertz CT molecular complexity index is 928. The topological polar surface area (TPSA) is 123 Å².